The summed E-state index contributed by atoms with van der Waals surface area (Å²) in [6.45, 7) is 4.73. The lowest BCUT2D eigenvalue weighted by Gasteiger charge is -2.40. The summed E-state index contributed by atoms with van der Waals surface area (Å²) >= 11 is 0. The first kappa shape index (κ1) is 14.8. The number of nitrogens with zero attached hydrogens (tertiary/aromatic N) is 1. The van der Waals surface area contributed by atoms with Crippen LogP contribution in [0.15, 0.2) is 24.3 Å². The van der Waals surface area contributed by atoms with Crippen molar-refractivity contribution in [3.63, 3.8) is 0 Å². The summed E-state index contributed by atoms with van der Waals surface area (Å²) in [5, 5.41) is 3.19. The molecule has 0 radical (unpaired) electrons. The van der Waals surface area contributed by atoms with Gasteiger partial charge in [-0.2, -0.15) is 0 Å². The van der Waals surface area contributed by atoms with Gasteiger partial charge in [-0.05, 0) is 37.6 Å². The van der Waals surface area contributed by atoms with Gasteiger partial charge in [-0.25, -0.2) is 9.18 Å². The van der Waals surface area contributed by atoms with Gasteiger partial charge in [0.1, 0.15) is 11.4 Å². The van der Waals surface area contributed by atoms with E-state index < -0.39 is 5.54 Å². The van der Waals surface area contributed by atoms with Crippen LogP contribution in [0, 0.1) is 5.82 Å². The number of anilines is 1. The number of rotatable bonds is 4. The lowest BCUT2D eigenvalue weighted by molar-refractivity contribution is -0.147. The Hall–Kier alpha value is -1.62. The molecule has 0 aromatic heterocycles. The van der Waals surface area contributed by atoms with Crippen LogP contribution >= 0.6 is 0 Å². The number of carbonyl (C=O) groups is 1. The van der Waals surface area contributed by atoms with E-state index in [1.54, 1.807) is 12.1 Å². The Kier molecular flexibility index (Phi) is 4.60. The van der Waals surface area contributed by atoms with Crippen LogP contribution in [0.25, 0.3) is 0 Å². The predicted molar refractivity (Wildman–Crippen MR) is 76.1 cm³/mol. The van der Waals surface area contributed by atoms with E-state index in [1.165, 1.54) is 19.2 Å². The molecule has 1 heterocycles. The first-order valence-electron chi connectivity index (χ1n) is 6.94. The SMILES string of the molecule is CCN1CCC(Nc2cccc(F)c2)(C(=O)OC)CC1. The first-order chi connectivity index (χ1) is 9.59. The molecular weight excluding hydrogens is 259 g/mol. The normalized spacial score (nSPS) is 18.6. The number of benzene rings is 1. The minimum atomic E-state index is -0.756. The Morgan fingerprint density at radius 1 is 1.45 bits per heavy atom. The largest absolute Gasteiger partial charge is 0.467 e. The van der Waals surface area contributed by atoms with E-state index >= 15 is 0 Å². The number of methoxy groups -OCH3 is 1. The van der Waals surface area contributed by atoms with Crippen molar-refractivity contribution in [3.8, 4) is 0 Å². The van der Waals surface area contributed by atoms with Gasteiger partial charge in [-0.3, -0.25) is 0 Å². The van der Waals surface area contributed by atoms with Crippen LogP contribution in [0.1, 0.15) is 19.8 Å². The summed E-state index contributed by atoms with van der Waals surface area (Å²) in [5.41, 5.74) is -0.144. The number of hydrogen-bond donors (Lipinski definition) is 1. The minimum absolute atomic E-state index is 0.280. The Labute approximate surface area is 118 Å². The zero-order valence-electron chi connectivity index (χ0n) is 12.0. The third-order valence-corrected chi connectivity index (χ3v) is 3.94. The molecule has 4 nitrogen and oxygen atoms in total. The van der Waals surface area contributed by atoms with Gasteiger partial charge in [0.25, 0.3) is 0 Å². The summed E-state index contributed by atoms with van der Waals surface area (Å²) < 4.78 is 18.2. The van der Waals surface area contributed by atoms with Gasteiger partial charge < -0.3 is 15.0 Å². The molecule has 1 aliphatic rings. The number of esters is 1. The maximum absolute atomic E-state index is 13.3. The molecule has 110 valence electrons. The summed E-state index contributed by atoms with van der Waals surface area (Å²) in [6.07, 6.45) is 1.31. The van der Waals surface area contributed by atoms with Gasteiger partial charge in [0.2, 0.25) is 0 Å². The van der Waals surface area contributed by atoms with Crippen molar-refractivity contribution >= 4 is 11.7 Å². The van der Waals surface area contributed by atoms with E-state index in [9.17, 15) is 9.18 Å². The number of halogens is 1. The Morgan fingerprint density at radius 2 is 2.15 bits per heavy atom. The van der Waals surface area contributed by atoms with Crippen LogP contribution in [0.5, 0.6) is 0 Å². The molecule has 20 heavy (non-hydrogen) atoms. The molecule has 0 atom stereocenters. The topological polar surface area (TPSA) is 41.6 Å². The van der Waals surface area contributed by atoms with Crippen LogP contribution < -0.4 is 5.32 Å². The second-order valence-corrected chi connectivity index (χ2v) is 5.14. The molecule has 2 rings (SSSR count). The number of carbonyl (C=O) groups excluding carboxylic acids is 1. The van der Waals surface area contributed by atoms with E-state index in [2.05, 4.69) is 17.1 Å². The zero-order valence-corrected chi connectivity index (χ0v) is 12.0. The number of hydrogen-bond acceptors (Lipinski definition) is 4. The highest BCUT2D eigenvalue weighted by molar-refractivity contribution is 5.84. The molecule has 0 amide bonds. The van der Waals surface area contributed by atoms with Crippen LogP contribution in [0.4, 0.5) is 10.1 Å². The van der Waals surface area contributed by atoms with Crippen LogP contribution in [-0.4, -0.2) is 43.2 Å². The number of piperidine rings is 1. The molecule has 1 fully saturated rings. The average Bonchev–Trinajstić information content (AvgIpc) is 2.47. The molecular formula is C15H21FN2O2. The molecule has 0 aliphatic carbocycles. The quantitative estimate of drug-likeness (QED) is 0.859. The van der Waals surface area contributed by atoms with E-state index in [-0.39, 0.29) is 11.8 Å². The summed E-state index contributed by atoms with van der Waals surface area (Å²) in [7, 11) is 1.39. The number of likely N-dealkylation sites (tertiary alicyclic amines) is 1. The fourth-order valence-corrected chi connectivity index (χ4v) is 2.67. The van der Waals surface area contributed by atoms with E-state index in [0.29, 0.717) is 18.5 Å². The van der Waals surface area contributed by atoms with E-state index in [1.807, 2.05) is 0 Å². The number of nitrogens with one attached hydrogen (secondary N) is 1. The third-order valence-electron chi connectivity index (χ3n) is 3.94. The fourth-order valence-electron chi connectivity index (χ4n) is 2.67. The summed E-state index contributed by atoms with van der Waals surface area (Å²) in [4.78, 5) is 14.5. The molecule has 1 saturated heterocycles. The Morgan fingerprint density at radius 3 is 2.70 bits per heavy atom. The van der Waals surface area contributed by atoms with Crippen molar-refractivity contribution in [2.75, 3.05) is 32.1 Å². The molecule has 1 aliphatic heterocycles. The van der Waals surface area contributed by atoms with Crippen LogP contribution in [-0.2, 0) is 9.53 Å². The number of ether oxygens (including phenoxy) is 1. The smallest absolute Gasteiger partial charge is 0.331 e. The molecule has 0 bridgehead atoms. The molecule has 1 aromatic rings. The highest BCUT2D eigenvalue weighted by atomic mass is 19.1. The van der Waals surface area contributed by atoms with Gasteiger partial charge >= 0.3 is 5.97 Å². The van der Waals surface area contributed by atoms with Crippen LogP contribution in [0.2, 0.25) is 0 Å². The van der Waals surface area contributed by atoms with Gasteiger partial charge in [0.05, 0.1) is 7.11 Å². The maximum atomic E-state index is 13.3. The lowest BCUT2D eigenvalue weighted by atomic mass is 9.87. The molecule has 1 N–H and O–H groups in total. The Bertz CT molecular complexity index is 471. The van der Waals surface area contributed by atoms with E-state index in [0.717, 1.165) is 19.6 Å². The van der Waals surface area contributed by atoms with Crippen molar-refractivity contribution in [2.45, 2.75) is 25.3 Å². The van der Waals surface area contributed by atoms with Crippen molar-refractivity contribution in [1.82, 2.24) is 4.90 Å². The summed E-state index contributed by atoms with van der Waals surface area (Å²) in [5.74, 6) is -0.599. The minimum Gasteiger partial charge on any atom is -0.467 e. The molecule has 0 spiro atoms. The zero-order chi connectivity index (χ0) is 14.6. The lowest BCUT2D eigenvalue weighted by Crippen LogP contribution is -2.54. The molecule has 1 aromatic carbocycles. The van der Waals surface area contributed by atoms with Crippen molar-refractivity contribution in [2.24, 2.45) is 0 Å². The van der Waals surface area contributed by atoms with Crippen molar-refractivity contribution < 1.29 is 13.9 Å². The fraction of sp³-hybridized carbons (Fsp3) is 0.533. The van der Waals surface area contributed by atoms with Gasteiger partial charge in [0, 0.05) is 18.8 Å². The molecule has 0 saturated carbocycles. The van der Waals surface area contributed by atoms with Gasteiger partial charge in [-0.1, -0.05) is 13.0 Å². The highest BCUT2D eigenvalue weighted by Crippen LogP contribution is 2.28. The average molecular weight is 280 g/mol. The Balaban J connectivity index is 2.18. The maximum Gasteiger partial charge on any atom is 0.331 e. The van der Waals surface area contributed by atoms with Gasteiger partial charge in [0.15, 0.2) is 0 Å². The summed E-state index contributed by atoms with van der Waals surface area (Å²) in [6, 6.07) is 6.18. The van der Waals surface area contributed by atoms with Crippen LogP contribution in [0.3, 0.4) is 0 Å². The van der Waals surface area contributed by atoms with Gasteiger partial charge in [-0.15, -0.1) is 0 Å². The first-order valence-corrected chi connectivity index (χ1v) is 6.94. The molecule has 0 unspecified atom stereocenters. The van der Waals surface area contributed by atoms with Crippen molar-refractivity contribution in [1.29, 1.82) is 0 Å². The third kappa shape index (κ3) is 3.10. The second kappa shape index (κ2) is 6.22. The highest BCUT2D eigenvalue weighted by Gasteiger charge is 2.42. The second-order valence-electron chi connectivity index (χ2n) is 5.14. The predicted octanol–water partition coefficient (Wildman–Crippen LogP) is 2.27. The van der Waals surface area contributed by atoms with Crippen molar-refractivity contribution in [3.05, 3.63) is 30.1 Å². The standard InChI is InChI=1S/C15H21FN2O2/c1-3-18-9-7-15(8-10-18,14(19)20-2)17-13-6-4-5-12(16)11-13/h4-6,11,17H,3,7-10H2,1-2H3. The van der Waals surface area contributed by atoms with E-state index in [4.69, 9.17) is 4.74 Å². The molecule has 5 heteroatoms. The monoisotopic (exact) mass is 280 g/mol.